The molecule has 0 saturated heterocycles. The van der Waals surface area contributed by atoms with Crippen LogP contribution in [0.4, 0.5) is 18.9 Å². The van der Waals surface area contributed by atoms with Gasteiger partial charge in [-0.25, -0.2) is 0 Å². The summed E-state index contributed by atoms with van der Waals surface area (Å²) < 4.78 is 36.9. The molecular weight excluding hydrogens is 295 g/mol. The van der Waals surface area contributed by atoms with Gasteiger partial charge in [0.15, 0.2) is 0 Å². The first kappa shape index (κ1) is 16.2. The van der Waals surface area contributed by atoms with Gasteiger partial charge in [-0.15, -0.1) is 6.58 Å². The molecule has 0 amide bonds. The number of alkyl halides is 3. The zero-order valence-electron chi connectivity index (χ0n) is 10.2. The van der Waals surface area contributed by atoms with Gasteiger partial charge in [0.2, 0.25) is 5.24 Å². The first-order valence-electron chi connectivity index (χ1n) is 5.51. The molecule has 0 aliphatic rings. The number of hydrogen-bond acceptors (Lipinski definition) is 3. The second-order valence-electron chi connectivity index (χ2n) is 3.95. The summed E-state index contributed by atoms with van der Waals surface area (Å²) in [6, 6.07) is 4.40. The van der Waals surface area contributed by atoms with Crippen LogP contribution in [0.15, 0.2) is 36.9 Å². The molecule has 0 aromatic heterocycles. The second-order valence-corrected chi connectivity index (χ2v) is 4.37. The van der Waals surface area contributed by atoms with E-state index in [1.807, 2.05) is 0 Å². The molecule has 0 heterocycles. The Morgan fingerprint density at radius 3 is 2.25 bits per heavy atom. The van der Waals surface area contributed by atoms with Crippen LogP contribution in [-0.2, 0) is 16.0 Å². The van der Waals surface area contributed by atoms with E-state index in [1.54, 1.807) is 0 Å². The highest BCUT2D eigenvalue weighted by atomic mass is 35.5. The Bertz CT molecular complexity index is 511. The summed E-state index contributed by atoms with van der Waals surface area (Å²) in [6.45, 7) is 3.20. The number of carbonyl (C=O) groups is 2. The van der Waals surface area contributed by atoms with E-state index in [4.69, 9.17) is 11.6 Å². The maximum absolute atomic E-state index is 12.3. The van der Waals surface area contributed by atoms with Crippen molar-refractivity contribution in [3.8, 4) is 0 Å². The minimum atomic E-state index is -4.93. The summed E-state index contributed by atoms with van der Waals surface area (Å²) in [5, 5.41) is 1.87. The highest BCUT2D eigenvalue weighted by Gasteiger charge is 2.42. The van der Waals surface area contributed by atoms with Crippen molar-refractivity contribution < 1.29 is 22.8 Å². The van der Waals surface area contributed by atoms with Crippen molar-refractivity contribution in [3.05, 3.63) is 42.5 Å². The molecule has 1 aromatic rings. The Kier molecular flexibility index (Phi) is 5.33. The lowest BCUT2D eigenvalue weighted by atomic mass is 10.1. The molecule has 0 aliphatic carbocycles. The van der Waals surface area contributed by atoms with Gasteiger partial charge in [0.1, 0.15) is 6.04 Å². The summed E-state index contributed by atoms with van der Waals surface area (Å²) in [4.78, 5) is 21.8. The highest BCUT2D eigenvalue weighted by molar-refractivity contribution is 6.63. The van der Waals surface area contributed by atoms with Gasteiger partial charge in [-0.3, -0.25) is 9.59 Å². The Morgan fingerprint density at radius 1 is 1.30 bits per heavy atom. The molecule has 1 unspecified atom stereocenters. The molecule has 3 nitrogen and oxygen atoms in total. The third kappa shape index (κ3) is 4.70. The van der Waals surface area contributed by atoms with Crippen LogP contribution in [0.25, 0.3) is 0 Å². The number of hydrogen-bond donors (Lipinski definition) is 1. The van der Waals surface area contributed by atoms with Crippen molar-refractivity contribution in [1.82, 2.24) is 0 Å². The van der Waals surface area contributed by atoms with Gasteiger partial charge in [-0.2, -0.15) is 13.2 Å². The fraction of sp³-hybridized carbons (Fsp3) is 0.231. The number of halogens is 4. The van der Waals surface area contributed by atoms with Crippen molar-refractivity contribution >= 4 is 28.3 Å². The van der Waals surface area contributed by atoms with Crippen molar-refractivity contribution in [2.75, 3.05) is 5.32 Å². The van der Waals surface area contributed by atoms with Crippen LogP contribution in [0.3, 0.4) is 0 Å². The summed E-state index contributed by atoms with van der Waals surface area (Å²) in [6.07, 6.45) is -4.03. The van der Waals surface area contributed by atoms with Gasteiger partial charge >= 0.3 is 6.18 Å². The van der Waals surface area contributed by atoms with Crippen LogP contribution >= 0.6 is 11.6 Å². The Labute approximate surface area is 118 Å². The molecule has 1 rings (SSSR count). The molecule has 0 fully saturated rings. The van der Waals surface area contributed by atoms with Gasteiger partial charge in [-0.05, 0) is 29.3 Å². The van der Waals surface area contributed by atoms with Crippen LogP contribution in [0, 0.1) is 0 Å². The predicted molar refractivity (Wildman–Crippen MR) is 69.7 cm³/mol. The molecule has 1 N–H and O–H groups in total. The van der Waals surface area contributed by atoms with Crippen LogP contribution < -0.4 is 5.32 Å². The number of anilines is 1. The third-order valence-electron chi connectivity index (χ3n) is 2.42. The largest absolute Gasteiger partial charge is 0.452 e. The van der Waals surface area contributed by atoms with Gasteiger partial charge < -0.3 is 5.32 Å². The molecule has 0 saturated carbocycles. The maximum Gasteiger partial charge on any atom is 0.452 e. The minimum absolute atomic E-state index is 0.0220. The normalized spacial score (nSPS) is 12.6. The summed E-state index contributed by atoms with van der Waals surface area (Å²) in [7, 11) is 0. The average molecular weight is 306 g/mol. The minimum Gasteiger partial charge on any atom is -0.372 e. The second kappa shape index (κ2) is 6.56. The van der Waals surface area contributed by atoms with E-state index < -0.39 is 23.2 Å². The van der Waals surface area contributed by atoms with Crippen LogP contribution in [0.1, 0.15) is 5.56 Å². The highest BCUT2D eigenvalue weighted by Crippen LogP contribution is 2.21. The summed E-state index contributed by atoms with van der Waals surface area (Å²) in [5.41, 5.74) is 0.922. The van der Waals surface area contributed by atoms with E-state index in [0.29, 0.717) is 11.3 Å². The number of carbonyl (C=O) groups excluding carboxylic acids is 2. The fourth-order valence-electron chi connectivity index (χ4n) is 1.47. The zero-order valence-corrected chi connectivity index (χ0v) is 11.0. The van der Waals surface area contributed by atoms with Crippen molar-refractivity contribution in [3.63, 3.8) is 0 Å². The first-order valence-corrected chi connectivity index (χ1v) is 5.89. The number of benzene rings is 1. The van der Waals surface area contributed by atoms with Crippen LogP contribution in [0.5, 0.6) is 0 Å². The lowest BCUT2D eigenvalue weighted by Gasteiger charge is -2.16. The lowest BCUT2D eigenvalue weighted by Crippen LogP contribution is -2.38. The first-order chi connectivity index (χ1) is 9.24. The maximum atomic E-state index is 12.3. The molecule has 1 atom stereocenters. The Morgan fingerprint density at radius 2 is 1.85 bits per heavy atom. The quantitative estimate of drug-likeness (QED) is 0.649. The molecule has 0 radical (unpaired) electrons. The SMILES string of the molecule is C=CC(Nc1ccc(CC(=O)Cl)cc1)C(=O)C(F)(F)F. The fourth-order valence-corrected chi connectivity index (χ4v) is 1.62. The summed E-state index contributed by atoms with van der Waals surface area (Å²) in [5.74, 6) is -1.92. The Balaban J connectivity index is 2.78. The number of rotatable bonds is 6. The molecule has 108 valence electrons. The lowest BCUT2D eigenvalue weighted by molar-refractivity contribution is -0.170. The van der Waals surface area contributed by atoms with Gasteiger partial charge in [0, 0.05) is 12.1 Å². The van der Waals surface area contributed by atoms with Gasteiger partial charge in [0.25, 0.3) is 5.78 Å². The van der Waals surface area contributed by atoms with Crippen molar-refractivity contribution in [1.29, 1.82) is 0 Å². The topological polar surface area (TPSA) is 46.2 Å². The molecule has 7 heteroatoms. The van der Waals surface area contributed by atoms with E-state index in [1.165, 1.54) is 24.3 Å². The monoisotopic (exact) mass is 305 g/mol. The van der Waals surface area contributed by atoms with Crippen molar-refractivity contribution in [2.45, 2.75) is 18.6 Å². The molecule has 1 aromatic carbocycles. The van der Waals surface area contributed by atoms with E-state index in [0.717, 1.165) is 6.08 Å². The zero-order chi connectivity index (χ0) is 15.3. The Hall–Kier alpha value is -1.82. The average Bonchev–Trinajstić information content (AvgIpc) is 2.35. The third-order valence-corrected chi connectivity index (χ3v) is 2.55. The van der Waals surface area contributed by atoms with E-state index in [2.05, 4.69) is 11.9 Å². The predicted octanol–water partition coefficient (Wildman–Crippen LogP) is 3.09. The van der Waals surface area contributed by atoms with E-state index >= 15 is 0 Å². The van der Waals surface area contributed by atoms with Crippen molar-refractivity contribution in [2.24, 2.45) is 0 Å². The smallest absolute Gasteiger partial charge is 0.372 e. The van der Waals surface area contributed by atoms with E-state index in [-0.39, 0.29) is 6.42 Å². The number of ketones is 1. The molecule has 0 bridgehead atoms. The molecule has 20 heavy (non-hydrogen) atoms. The summed E-state index contributed by atoms with van der Waals surface area (Å²) >= 11 is 5.21. The van der Waals surface area contributed by atoms with Gasteiger partial charge in [0.05, 0.1) is 0 Å². The van der Waals surface area contributed by atoms with E-state index in [9.17, 15) is 22.8 Å². The molecule has 0 spiro atoms. The van der Waals surface area contributed by atoms with Crippen LogP contribution in [-0.4, -0.2) is 23.2 Å². The number of Topliss-reactive ketones (excluding diaryl/α,β-unsaturated/α-hetero) is 1. The molecular formula is C13H11ClF3NO2. The number of nitrogens with one attached hydrogen (secondary N) is 1. The van der Waals surface area contributed by atoms with Crippen LogP contribution in [0.2, 0.25) is 0 Å². The standard InChI is InChI=1S/C13H11ClF3NO2/c1-2-10(12(20)13(15,16)17)18-9-5-3-8(4-6-9)7-11(14)19/h2-6,10,18H,1,7H2. The van der Waals surface area contributed by atoms with Gasteiger partial charge in [-0.1, -0.05) is 18.2 Å². The molecule has 0 aliphatic heterocycles.